The second kappa shape index (κ2) is 6.59. The molecule has 0 aliphatic rings. The molecule has 0 radical (unpaired) electrons. The zero-order valence-corrected chi connectivity index (χ0v) is 12.7. The fourth-order valence-electron chi connectivity index (χ4n) is 2.24. The topological polar surface area (TPSA) is 48.3 Å². The summed E-state index contributed by atoms with van der Waals surface area (Å²) in [4.78, 5) is 23.2. The smallest absolute Gasteiger partial charge is 0.253 e. The van der Waals surface area contributed by atoms with Gasteiger partial charge in [0.05, 0.1) is 12.8 Å². The number of nitrogens with zero attached hydrogens (tertiary/aromatic N) is 1. The zero-order valence-electron chi connectivity index (χ0n) is 11.9. The molecule has 0 fully saturated rings. The molecule has 0 unspecified atom stereocenters. The van der Waals surface area contributed by atoms with Gasteiger partial charge in [0.15, 0.2) is 0 Å². The molecule has 0 saturated carbocycles. The SMILES string of the molecule is COc1ccccc1-c1ccc(CCC(=O)Cl)c(=O)n1C. The molecular weight excluding hydrogens is 290 g/mol. The number of para-hydroxylation sites is 1. The summed E-state index contributed by atoms with van der Waals surface area (Å²) in [7, 11) is 3.30. The van der Waals surface area contributed by atoms with Crippen molar-refractivity contribution >= 4 is 16.8 Å². The summed E-state index contributed by atoms with van der Waals surface area (Å²) in [5, 5.41) is -0.439. The molecule has 4 nitrogen and oxygen atoms in total. The van der Waals surface area contributed by atoms with E-state index in [-0.39, 0.29) is 12.0 Å². The van der Waals surface area contributed by atoms with Crippen LogP contribution in [0.25, 0.3) is 11.3 Å². The van der Waals surface area contributed by atoms with Crippen molar-refractivity contribution in [1.29, 1.82) is 0 Å². The van der Waals surface area contributed by atoms with Gasteiger partial charge in [-0.25, -0.2) is 0 Å². The molecule has 2 rings (SSSR count). The predicted octanol–water partition coefficient (Wildman–Crippen LogP) is 2.76. The van der Waals surface area contributed by atoms with Gasteiger partial charge in [-0.15, -0.1) is 0 Å². The Morgan fingerprint density at radius 1 is 1.24 bits per heavy atom. The number of carbonyl (C=O) groups excluding carboxylic acids is 1. The number of hydrogen-bond acceptors (Lipinski definition) is 3. The number of methoxy groups -OCH3 is 1. The minimum absolute atomic E-state index is 0.128. The highest BCUT2D eigenvalue weighted by molar-refractivity contribution is 6.63. The predicted molar refractivity (Wildman–Crippen MR) is 82.9 cm³/mol. The molecule has 0 N–H and O–H groups in total. The van der Waals surface area contributed by atoms with E-state index in [9.17, 15) is 9.59 Å². The molecule has 0 amide bonds. The van der Waals surface area contributed by atoms with Crippen LogP contribution in [0.15, 0.2) is 41.2 Å². The average molecular weight is 306 g/mol. The number of aryl methyl sites for hydroxylation is 1. The lowest BCUT2D eigenvalue weighted by atomic mass is 10.1. The van der Waals surface area contributed by atoms with Crippen molar-refractivity contribution in [2.75, 3.05) is 7.11 Å². The Labute approximate surface area is 127 Å². The third-order valence-corrected chi connectivity index (χ3v) is 3.55. The van der Waals surface area contributed by atoms with Gasteiger partial charge in [-0.2, -0.15) is 0 Å². The number of carbonyl (C=O) groups is 1. The molecule has 0 bridgehead atoms. The van der Waals surface area contributed by atoms with Crippen LogP contribution in [-0.2, 0) is 18.3 Å². The molecule has 1 heterocycles. The van der Waals surface area contributed by atoms with Gasteiger partial charge in [0.1, 0.15) is 5.75 Å². The fourth-order valence-corrected chi connectivity index (χ4v) is 2.33. The van der Waals surface area contributed by atoms with Crippen molar-refractivity contribution in [2.45, 2.75) is 12.8 Å². The molecule has 21 heavy (non-hydrogen) atoms. The van der Waals surface area contributed by atoms with Crippen LogP contribution in [0.2, 0.25) is 0 Å². The van der Waals surface area contributed by atoms with Crippen molar-refractivity contribution in [3.63, 3.8) is 0 Å². The first-order valence-corrected chi connectivity index (χ1v) is 6.93. The maximum Gasteiger partial charge on any atom is 0.253 e. The number of rotatable bonds is 5. The van der Waals surface area contributed by atoms with Crippen LogP contribution in [-0.4, -0.2) is 16.9 Å². The van der Waals surface area contributed by atoms with E-state index >= 15 is 0 Å². The minimum atomic E-state index is -0.439. The van der Waals surface area contributed by atoms with E-state index in [1.807, 2.05) is 30.3 Å². The zero-order chi connectivity index (χ0) is 15.4. The van der Waals surface area contributed by atoms with E-state index < -0.39 is 5.24 Å². The van der Waals surface area contributed by atoms with Crippen molar-refractivity contribution < 1.29 is 9.53 Å². The highest BCUT2D eigenvalue weighted by Gasteiger charge is 2.11. The van der Waals surface area contributed by atoms with Crippen LogP contribution in [0.3, 0.4) is 0 Å². The van der Waals surface area contributed by atoms with E-state index in [1.165, 1.54) is 0 Å². The molecule has 2 aromatic rings. The van der Waals surface area contributed by atoms with Crippen LogP contribution in [0.4, 0.5) is 0 Å². The van der Waals surface area contributed by atoms with E-state index in [4.69, 9.17) is 16.3 Å². The lowest BCUT2D eigenvalue weighted by molar-refractivity contribution is -0.111. The van der Waals surface area contributed by atoms with Crippen molar-refractivity contribution in [3.05, 3.63) is 52.3 Å². The van der Waals surface area contributed by atoms with Gasteiger partial charge in [-0.1, -0.05) is 18.2 Å². The Balaban J connectivity index is 2.46. The molecule has 0 aliphatic heterocycles. The minimum Gasteiger partial charge on any atom is -0.496 e. The Hall–Kier alpha value is -2.07. The Morgan fingerprint density at radius 3 is 2.62 bits per heavy atom. The van der Waals surface area contributed by atoms with Gasteiger partial charge in [0.25, 0.3) is 5.56 Å². The summed E-state index contributed by atoms with van der Waals surface area (Å²) >= 11 is 5.32. The third-order valence-electron chi connectivity index (χ3n) is 3.36. The molecule has 110 valence electrons. The molecule has 0 aliphatic carbocycles. The third kappa shape index (κ3) is 3.34. The lowest BCUT2D eigenvalue weighted by Crippen LogP contribution is -2.22. The Morgan fingerprint density at radius 2 is 1.95 bits per heavy atom. The Kier molecular flexibility index (Phi) is 4.81. The van der Waals surface area contributed by atoms with E-state index in [1.54, 1.807) is 24.8 Å². The molecule has 0 atom stereocenters. The van der Waals surface area contributed by atoms with Gasteiger partial charge in [0, 0.05) is 24.6 Å². The summed E-state index contributed by atoms with van der Waals surface area (Å²) in [5.74, 6) is 0.705. The molecule has 0 saturated heterocycles. The van der Waals surface area contributed by atoms with Gasteiger partial charge in [-0.05, 0) is 36.2 Å². The van der Waals surface area contributed by atoms with E-state index in [0.29, 0.717) is 17.7 Å². The summed E-state index contributed by atoms with van der Waals surface area (Å²) in [6, 6.07) is 11.1. The van der Waals surface area contributed by atoms with Gasteiger partial charge >= 0.3 is 0 Å². The van der Waals surface area contributed by atoms with Crippen molar-refractivity contribution in [3.8, 4) is 17.0 Å². The van der Waals surface area contributed by atoms with Crippen LogP contribution in [0, 0.1) is 0 Å². The van der Waals surface area contributed by atoms with Crippen LogP contribution in [0.5, 0.6) is 5.75 Å². The van der Waals surface area contributed by atoms with Gasteiger partial charge in [0.2, 0.25) is 5.24 Å². The van der Waals surface area contributed by atoms with Crippen LogP contribution < -0.4 is 10.3 Å². The summed E-state index contributed by atoms with van der Waals surface area (Å²) in [5.41, 5.74) is 2.06. The number of benzene rings is 1. The normalized spacial score (nSPS) is 10.4. The number of ether oxygens (including phenoxy) is 1. The number of hydrogen-bond donors (Lipinski definition) is 0. The lowest BCUT2D eigenvalue weighted by Gasteiger charge is -2.13. The van der Waals surface area contributed by atoms with Gasteiger partial charge < -0.3 is 9.30 Å². The largest absolute Gasteiger partial charge is 0.496 e. The monoisotopic (exact) mass is 305 g/mol. The molecule has 5 heteroatoms. The molecular formula is C16H16ClNO3. The van der Waals surface area contributed by atoms with Crippen LogP contribution >= 0.6 is 11.6 Å². The molecule has 1 aromatic carbocycles. The van der Waals surface area contributed by atoms with Gasteiger partial charge in [-0.3, -0.25) is 9.59 Å². The Bertz CT molecular complexity index is 722. The van der Waals surface area contributed by atoms with Crippen molar-refractivity contribution in [1.82, 2.24) is 4.57 Å². The first kappa shape index (κ1) is 15.3. The first-order chi connectivity index (χ1) is 10.0. The quantitative estimate of drug-likeness (QED) is 0.798. The summed E-state index contributed by atoms with van der Waals surface area (Å²) < 4.78 is 6.89. The highest BCUT2D eigenvalue weighted by atomic mass is 35.5. The van der Waals surface area contributed by atoms with Crippen molar-refractivity contribution in [2.24, 2.45) is 7.05 Å². The van der Waals surface area contributed by atoms with Crippen LogP contribution in [0.1, 0.15) is 12.0 Å². The van der Waals surface area contributed by atoms with E-state index in [2.05, 4.69) is 0 Å². The molecule has 1 aromatic heterocycles. The maximum atomic E-state index is 12.3. The highest BCUT2D eigenvalue weighted by Crippen LogP contribution is 2.28. The summed E-state index contributed by atoms with van der Waals surface area (Å²) in [6.07, 6.45) is 0.506. The maximum absolute atomic E-state index is 12.3. The average Bonchev–Trinajstić information content (AvgIpc) is 2.48. The van der Waals surface area contributed by atoms with E-state index in [0.717, 1.165) is 11.3 Å². The second-order valence-electron chi connectivity index (χ2n) is 4.66. The standard InChI is InChI=1S/C16H16ClNO3/c1-18-13(12-5-3-4-6-14(12)21-2)9-7-11(16(18)20)8-10-15(17)19/h3-7,9H,8,10H2,1-2H3. The number of pyridine rings is 1. The number of halogens is 1. The molecule has 0 spiro atoms. The fraction of sp³-hybridized carbons (Fsp3) is 0.250. The number of aromatic nitrogens is 1. The summed E-state index contributed by atoms with van der Waals surface area (Å²) in [6.45, 7) is 0. The first-order valence-electron chi connectivity index (χ1n) is 6.55. The second-order valence-corrected chi connectivity index (χ2v) is 5.08.